The summed E-state index contributed by atoms with van der Waals surface area (Å²) in [6.07, 6.45) is 0. The lowest BCUT2D eigenvalue weighted by Crippen LogP contribution is -2.07. The molecule has 0 saturated carbocycles. The lowest BCUT2D eigenvalue weighted by molar-refractivity contribution is -0.163. The van der Waals surface area contributed by atoms with Crippen molar-refractivity contribution in [1.82, 2.24) is 0 Å². The molecule has 0 aromatic heterocycles. The van der Waals surface area contributed by atoms with E-state index in [4.69, 9.17) is 32.7 Å². The zero-order chi connectivity index (χ0) is 19.8. The number of esters is 2. The minimum Gasteiger partial charge on any atom is -0.497 e. The van der Waals surface area contributed by atoms with Crippen molar-refractivity contribution in [2.24, 2.45) is 0 Å². The molecule has 0 saturated heterocycles. The van der Waals surface area contributed by atoms with Crippen LogP contribution in [0.2, 0.25) is 0 Å². The summed E-state index contributed by atoms with van der Waals surface area (Å²) in [6, 6.07) is 7.44. The minimum atomic E-state index is -0.462. The molecular formula is C17H24Cl2O6. The number of allylic oxidation sites excluding steroid dienone is 1. The zero-order valence-corrected chi connectivity index (χ0v) is 16.7. The van der Waals surface area contributed by atoms with Gasteiger partial charge in [0.2, 0.25) is 6.79 Å². The predicted molar refractivity (Wildman–Crippen MR) is 98.0 cm³/mol. The van der Waals surface area contributed by atoms with Crippen molar-refractivity contribution >= 4 is 35.1 Å². The molecule has 0 unspecified atom stereocenters. The monoisotopic (exact) mass is 394 g/mol. The van der Waals surface area contributed by atoms with E-state index in [1.807, 2.05) is 38.1 Å². The summed E-state index contributed by atoms with van der Waals surface area (Å²) in [7, 11) is 3.28. The van der Waals surface area contributed by atoms with Crippen LogP contribution in [0.3, 0.4) is 0 Å². The van der Waals surface area contributed by atoms with E-state index in [-0.39, 0.29) is 6.79 Å². The Labute approximate surface area is 158 Å². The number of carbonyl (C=O) groups excluding carboxylic acids is 2. The van der Waals surface area contributed by atoms with Gasteiger partial charge in [0.15, 0.2) is 0 Å². The van der Waals surface area contributed by atoms with Crippen LogP contribution in [0.4, 0.5) is 0 Å². The molecule has 0 fully saturated rings. The molecule has 0 aliphatic heterocycles. The third-order valence-electron chi connectivity index (χ3n) is 2.20. The van der Waals surface area contributed by atoms with Crippen LogP contribution < -0.4 is 9.47 Å². The maximum absolute atomic E-state index is 10.0. The summed E-state index contributed by atoms with van der Waals surface area (Å²) >= 11 is 10.5. The van der Waals surface area contributed by atoms with Crippen LogP contribution in [-0.4, -0.2) is 33.0 Å². The molecule has 0 aliphatic carbocycles. The number of hydrogen-bond acceptors (Lipinski definition) is 6. The molecule has 0 atom stereocenters. The molecule has 0 bridgehead atoms. The Kier molecular flexibility index (Phi) is 15.8. The molecule has 0 spiro atoms. The highest BCUT2D eigenvalue weighted by Crippen LogP contribution is 2.15. The topological polar surface area (TPSA) is 71.1 Å². The van der Waals surface area contributed by atoms with Crippen LogP contribution >= 0.6 is 23.2 Å². The maximum Gasteiger partial charge on any atom is 0.305 e. The number of halogens is 2. The number of hydrogen-bond donors (Lipinski definition) is 0. The first-order valence-electron chi connectivity index (χ1n) is 7.07. The Morgan fingerprint density at radius 2 is 1.08 bits per heavy atom. The van der Waals surface area contributed by atoms with E-state index in [2.05, 4.69) is 9.47 Å². The van der Waals surface area contributed by atoms with Crippen LogP contribution in [0.1, 0.15) is 27.7 Å². The lowest BCUT2D eigenvalue weighted by Gasteiger charge is -2.00. The van der Waals surface area contributed by atoms with Gasteiger partial charge in [-0.2, -0.15) is 0 Å². The second-order valence-corrected chi connectivity index (χ2v) is 5.48. The van der Waals surface area contributed by atoms with Crippen molar-refractivity contribution in [3.05, 3.63) is 34.3 Å². The van der Waals surface area contributed by atoms with Crippen molar-refractivity contribution in [3.8, 4) is 11.5 Å². The molecule has 0 amide bonds. The quantitative estimate of drug-likeness (QED) is 0.553. The highest BCUT2D eigenvalue weighted by molar-refractivity contribution is 6.56. The molecule has 6 nitrogen and oxygen atoms in total. The maximum atomic E-state index is 10.0. The summed E-state index contributed by atoms with van der Waals surface area (Å²) < 4.78 is 18.8. The van der Waals surface area contributed by atoms with E-state index in [1.165, 1.54) is 13.8 Å². The SMILES string of the molecule is CC(=O)OCOC(C)=O.CC(C)=C(Cl)Cl.COc1ccc(OC)cc1. The first-order chi connectivity index (χ1) is 11.6. The number of benzene rings is 1. The molecular weight excluding hydrogens is 371 g/mol. The van der Waals surface area contributed by atoms with Crippen molar-refractivity contribution in [2.75, 3.05) is 21.0 Å². The Hall–Kier alpha value is -1.92. The summed E-state index contributed by atoms with van der Waals surface area (Å²) in [4.78, 5) is 20.0. The van der Waals surface area contributed by atoms with Crippen molar-refractivity contribution in [3.63, 3.8) is 0 Å². The molecule has 8 heteroatoms. The van der Waals surface area contributed by atoms with E-state index >= 15 is 0 Å². The molecule has 0 heterocycles. The van der Waals surface area contributed by atoms with Gasteiger partial charge in [0, 0.05) is 13.8 Å². The van der Waals surface area contributed by atoms with E-state index < -0.39 is 11.9 Å². The van der Waals surface area contributed by atoms with Crippen molar-refractivity contribution in [1.29, 1.82) is 0 Å². The van der Waals surface area contributed by atoms with Gasteiger partial charge in [-0.25, -0.2) is 0 Å². The molecule has 25 heavy (non-hydrogen) atoms. The van der Waals surface area contributed by atoms with Crippen LogP contribution in [-0.2, 0) is 19.1 Å². The average Bonchev–Trinajstić information content (AvgIpc) is 2.55. The van der Waals surface area contributed by atoms with E-state index in [0.29, 0.717) is 4.49 Å². The second-order valence-electron chi connectivity index (χ2n) is 4.53. The molecule has 142 valence electrons. The lowest BCUT2D eigenvalue weighted by atomic mass is 10.3. The summed E-state index contributed by atoms with van der Waals surface area (Å²) in [5.74, 6) is 0.772. The Bertz CT molecular complexity index is 486. The van der Waals surface area contributed by atoms with Crippen LogP contribution in [0.15, 0.2) is 34.3 Å². The first kappa shape index (κ1) is 25.3. The number of carbonyl (C=O) groups is 2. The van der Waals surface area contributed by atoms with Crippen LogP contribution in [0.5, 0.6) is 11.5 Å². The minimum absolute atomic E-state index is 0.287. The molecule has 1 aromatic carbocycles. The van der Waals surface area contributed by atoms with E-state index in [1.54, 1.807) is 14.2 Å². The Morgan fingerprint density at radius 3 is 1.24 bits per heavy atom. The van der Waals surface area contributed by atoms with Gasteiger partial charge >= 0.3 is 11.9 Å². The molecule has 1 aromatic rings. The van der Waals surface area contributed by atoms with Gasteiger partial charge in [-0.3, -0.25) is 9.59 Å². The Morgan fingerprint density at radius 1 is 0.800 bits per heavy atom. The van der Waals surface area contributed by atoms with E-state index in [0.717, 1.165) is 17.1 Å². The molecule has 1 rings (SSSR count). The van der Waals surface area contributed by atoms with Gasteiger partial charge in [0.05, 0.1) is 14.2 Å². The van der Waals surface area contributed by atoms with Gasteiger partial charge in [0.1, 0.15) is 16.0 Å². The van der Waals surface area contributed by atoms with Crippen molar-refractivity contribution in [2.45, 2.75) is 27.7 Å². The fraction of sp³-hybridized carbons (Fsp3) is 0.412. The molecule has 0 N–H and O–H groups in total. The Balaban J connectivity index is 0. The fourth-order valence-corrected chi connectivity index (χ4v) is 0.907. The van der Waals surface area contributed by atoms with Gasteiger partial charge in [0.25, 0.3) is 0 Å². The number of rotatable bonds is 4. The summed E-state index contributed by atoms with van der Waals surface area (Å²) in [6.45, 7) is 5.91. The van der Waals surface area contributed by atoms with Gasteiger partial charge in [-0.1, -0.05) is 23.2 Å². The third-order valence-corrected chi connectivity index (χ3v) is 2.95. The normalized spacial score (nSPS) is 8.48. The standard InChI is InChI=1S/C8H10O2.C5H8O4.C4H6Cl2/c1-9-7-3-5-8(10-2)6-4-7;1-4(6)8-3-9-5(2)7;1-3(2)4(5)6/h3-6H,1-2H3;3H2,1-2H3;1-2H3. The first-order valence-corrected chi connectivity index (χ1v) is 7.82. The summed E-state index contributed by atoms with van der Waals surface area (Å²) in [5, 5.41) is 0. The molecule has 0 radical (unpaired) electrons. The van der Waals surface area contributed by atoms with Crippen molar-refractivity contribution < 1.29 is 28.5 Å². The predicted octanol–water partition coefficient (Wildman–Crippen LogP) is 4.49. The highest BCUT2D eigenvalue weighted by atomic mass is 35.5. The third kappa shape index (κ3) is 18.3. The van der Waals surface area contributed by atoms with Crippen LogP contribution in [0.25, 0.3) is 0 Å². The largest absolute Gasteiger partial charge is 0.497 e. The fourth-order valence-electron chi connectivity index (χ4n) is 0.907. The summed E-state index contributed by atoms with van der Waals surface area (Å²) in [5.41, 5.74) is 0.957. The van der Waals surface area contributed by atoms with Gasteiger partial charge in [-0.15, -0.1) is 0 Å². The molecule has 0 aliphatic rings. The highest BCUT2D eigenvalue weighted by Gasteiger charge is 1.93. The van der Waals surface area contributed by atoms with Crippen LogP contribution in [0, 0.1) is 0 Å². The second kappa shape index (κ2) is 15.6. The zero-order valence-electron chi connectivity index (χ0n) is 15.2. The average molecular weight is 395 g/mol. The van der Waals surface area contributed by atoms with Gasteiger partial charge in [-0.05, 0) is 43.7 Å². The number of ether oxygens (including phenoxy) is 4. The smallest absolute Gasteiger partial charge is 0.305 e. The number of methoxy groups -OCH3 is 2. The van der Waals surface area contributed by atoms with Gasteiger partial charge < -0.3 is 18.9 Å². The van der Waals surface area contributed by atoms with E-state index in [9.17, 15) is 9.59 Å².